The van der Waals surface area contributed by atoms with E-state index in [2.05, 4.69) is 4.74 Å². The van der Waals surface area contributed by atoms with E-state index in [0.717, 1.165) is 0 Å². The fourth-order valence-electron chi connectivity index (χ4n) is 2.02. The van der Waals surface area contributed by atoms with E-state index in [0.29, 0.717) is 46.2 Å². The second-order valence-corrected chi connectivity index (χ2v) is 5.77. The average Bonchev–Trinajstić information content (AvgIpc) is 2.76. The molecule has 0 spiro atoms. The van der Waals surface area contributed by atoms with Crippen LogP contribution in [-0.2, 0) is 28.5 Å². The molecule has 0 saturated carbocycles. The molecule has 7 nitrogen and oxygen atoms in total. The number of carbonyl (C=O) groups is 1. The lowest BCUT2D eigenvalue weighted by Gasteiger charge is -2.09. The van der Waals surface area contributed by atoms with Crippen LogP contribution >= 0.6 is 0 Å². The summed E-state index contributed by atoms with van der Waals surface area (Å²) in [7, 11) is 0. The molecule has 0 aromatic heterocycles. The van der Waals surface area contributed by atoms with Crippen molar-refractivity contribution in [3.63, 3.8) is 0 Å². The molecule has 178 valence electrons. The SMILES string of the molecule is CCOCCOCCOCCOCCOCCC(=O)Oc1c(F)c(F)c(F)c(F)c1F. The molecule has 1 aromatic rings. The largest absolute Gasteiger partial charge is 0.420 e. The Balaban J connectivity index is 2.05. The van der Waals surface area contributed by atoms with Gasteiger partial charge in [-0.15, -0.1) is 0 Å². The zero-order valence-electron chi connectivity index (χ0n) is 17.0. The molecule has 0 aliphatic carbocycles. The third kappa shape index (κ3) is 10.3. The molecule has 0 heterocycles. The first kappa shape index (κ1) is 27.2. The van der Waals surface area contributed by atoms with Crippen LogP contribution in [-0.4, -0.2) is 72.0 Å². The zero-order valence-corrected chi connectivity index (χ0v) is 17.0. The Labute approximate surface area is 176 Å². The van der Waals surface area contributed by atoms with Crippen molar-refractivity contribution in [1.82, 2.24) is 0 Å². The Morgan fingerprint density at radius 2 is 0.935 bits per heavy atom. The summed E-state index contributed by atoms with van der Waals surface area (Å²) >= 11 is 0. The van der Waals surface area contributed by atoms with Gasteiger partial charge in [-0.05, 0) is 6.92 Å². The van der Waals surface area contributed by atoms with E-state index < -0.39 is 47.2 Å². The molecule has 12 heteroatoms. The second kappa shape index (κ2) is 15.9. The lowest BCUT2D eigenvalue weighted by molar-refractivity contribution is -0.136. The Kier molecular flexibility index (Phi) is 13.9. The lowest BCUT2D eigenvalue weighted by Crippen LogP contribution is -2.16. The highest BCUT2D eigenvalue weighted by Crippen LogP contribution is 2.29. The first-order valence-corrected chi connectivity index (χ1v) is 9.50. The van der Waals surface area contributed by atoms with Crippen molar-refractivity contribution < 1.29 is 55.2 Å². The van der Waals surface area contributed by atoms with Crippen molar-refractivity contribution in [2.45, 2.75) is 13.3 Å². The number of rotatable bonds is 17. The van der Waals surface area contributed by atoms with E-state index in [4.69, 9.17) is 23.7 Å². The monoisotopic (exact) mass is 460 g/mol. The van der Waals surface area contributed by atoms with Gasteiger partial charge < -0.3 is 28.4 Å². The highest BCUT2D eigenvalue weighted by Gasteiger charge is 2.28. The molecule has 0 aliphatic heterocycles. The minimum atomic E-state index is -2.34. The Hall–Kier alpha value is -1.86. The summed E-state index contributed by atoms with van der Waals surface area (Å²) in [6.45, 7) is 5.19. The fraction of sp³-hybridized carbons (Fsp3) is 0.632. The maximum Gasteiger partial charge on any atom is 0.313 e. The van der Waals surface area contributed by atoms with Gasteiger partial charge in [0.15, 0.2) is 0 Å². The van der Waals surface area contributed by atoms with Gasteiger partial charge in [0.1, 0.15) is 0 Å². The van der Waals surface area contributed by atoms with Gasteiger partial charge in [-0.2, -0.15) is 8.78 Å². The fourth-order valence-corrected chi connectivity index (χ4v) is 2.02. The van der Waals surface area contributed by atoms with Crippen molar-refractivity contribution in [2.24, 2.45) is 0 Å². The van der Waals surface area contributed by atoms with Crippen LogP contribution in [0.1, 0.15) is 13.3 Å². The van der Waals surface area contributed by atoms with Crippen LogP contribution in [0.3, 0.4) is 0 Å². The maximum absolute atomic E-state index is 13.4. The molecular formula is C19H25F5O7. The van der Waals surface area contributed by atoms with Crippen LogP contribution in [0.25, 0.3) is 0 Å². The Morgan fingerprint density at radius 1 is 0.581 bits per heavy atom. The van der Waals surface area contributed by atoms with Crippen molar-refractivity contribution >= 4 is 5.97 Å². The standard InChI is InChI=1S/C19H25F5O7/c1-2-26-5-6-28-9-10-30-12-11-29-8-7-27-4-3-13(25)31-19-17(23)15(21)14(20)16(22)18(19)24/h2-12H2,1H3. The van der Waals surface area contributed by atoms with Crippen LogP contribution in [0.4, 0.5) is 22.0 Å². The highest BCUT2D eigenvalue weighted by molar-refractivity contribution is 5.72. The molecule has 0 N–H and O–H groups in total. The minimum Gasteiger partial charge on any atom is -0.420 e. The summed E-state index contributed by atoms with van der Waals surface area (Å²) in [5.41, 5.74) is 0. The maximum atomic E-state index is 13.4. The summed E-state index contributed by atoms with van der Waals surface area (Å²) in [6, 6.07) is 0. The van der Waals surface area contributed by atoms with Crippen LogP contribution in [0.5, 0.6) is 5.75 Å². The van der Waals surface area contributed by atoms with Gasteiger partial charge in [0, 0.05) is 6.61 Å². The minimum absolute atomic E-state index is 0.107. The van der Waals surface area contributed by atoms with Crippen LogP contribution in [0.2, 0.25) is 0 Å². The molecule has 0 fully saturated rings. The van der Waals surface area contributed by atoms with E-state index in [1.165, 1.54) is 0 Å². The van der Waals surface area contributed by atoms with Gasteiger partial charge in [-0.3, -0.25) is 4.79 Å². The third-order valence-corrected chi connectivity index (χ3v) is 3.53. The number of hydrogen-bond acceptors (Lipinski definition) is 7. The molecular weight excluding hydrogens is 435 g/mol. The summed E-state index contributed by atoms with van der Waals surface area (Å²) in [6.07, 6.45) is -0.466. The quantitative estimate of drug-likeness (QED) is 0.0884. The molecule has 31 heavy (non-hydrogen) atoms. The number of hydrogen-bond donors (Lipinski definition) is 0. The molecule has 1 aromatic carbocycles. The zero-order chi connectivity index (χ0) is 23.1. The van der Waals surface area contributed by atoms with Crippen molar-refractivity contribution in [2.75, 3.05) is 66.1 Å². The highest BCUT2D eigenvalue weighted by atomic mass is 19.2. The van der Waals surface area contributed by atoms with E-state index in [1.54, 1.807) is 0 Å². The Bertz CT molecular complexity index is 647. The summed E-state index contributed by atoms with van der Waals surface area (Å²) in [4.78, 5) is 11.5. The van der Waals surface area contributed by atoms with Crippen LogP contribution < -0.4 is 4.74 Å². The van der Waals surface area contributed by atoms with Gasteiger partial charge in [-0.1, -0.05) is 0 Å². The summed E-state index contributed by atoms with van der Waals surface area (Å²) < 4.78 is 96.0. The Morgan fingerprint density at radius 3 is 1.35 bits per heavy atom. The van der Waals surface area contributed by atoms with Crippen LogP contribution in [0, 0.1) is 29.1 Å². The van der Waals surface area contributed by atoms with E-state index in [1.807, 2.05) is 6.92 Å². The molecule has 0 saturated heterocycles. The number of benzene rings is 1. The smallest absolute Gasteiger partial charge is 0.313 e. The molecule has 0 radical (unpaired) electrons. The predicted octanol–water partition coefficient (Wildman–Crippen LogP) is 2.78. The number of ether oxygens (including phenoxy) is 6. The third-order valence-electron chi connectivity index (χ3n) is 3.53. The summed E-state index contributed by atoms with van der Waals surface area (Å²) in [5, 5.41) is 0. The van der Waals surface area contributed by atoms with Crippen molar-refractivity contribution in [3.05, 3.63) is 29.1 Å². The van der Waals surface area contributed by atoms with Gasteiger partial charge in [-0.25, -0.2) is 13.2 Å². The van der Waals surface area contributed by atoms with Gasteiger partial charge in [0.2, 0.25) is 34.8 Å². The first-order chi connectivity index (χ1) is 14.9. The lowest BCUT2D eigenvalue weighted by atomic mass is 10.2. The van der Waals surface area contributed by atoms with E-state index in [9.17, 15) is 26.7 Å². The molecule has 0 bridgehead atoms. The first-order valence-electron chi connectivity index (χ1n) is 9.50. The average molecular weight is 460 g/mol. The van der Waals surface area contributed by atoms with E-state index >= 15 is 0 Å². The van der Waals surface area contributed by atoms with Crippen molar-refractivity contribution in [1.29, 1.82) is 0 Å². The van der Waals surface area contributed by atoms with E-state index in [-0.39, 0.29) is 19.8 Å². The number of esters is 1. The van der Waals surface area contributed by atoms with Crippen molar-refractivity contribution in [3.8, 4) is 5.75 Å². The molecule has 0 amide bonds. The molecule has 0 unspecified atom stereocenters. The summed E-state index contributed by atoms with van der Waals surface area (Å²) in [5.74, 6) is -14.1. The van der Waals surface area contributed by atoms with Crippen LogP contribution in [0.15, 0.2) is 0 Å². The molecule has 0 aliphatic rings. The number of carbonyl (C=O) groups excluding carboxylic acids is 1. The predicted molar refractivity (Wildman–Crippen MR) is 96.3 cm³/mol. The topological polar surface area (TPSA) is 72.5 Å². The van der Waals surface area contributed by atoms with Gasteiger partial charge >= 0.3 is 5.97 Å². The van der Waals surface area contributed by atoms with Gasteiger partial charge in [0.05, 0.1) is 65.9 Å². The molecule has 0 atom stereocenters. The van der Waals surface area contributed by atoms with Gasteiger partial charge in [0.25, 0.3) is 0 Å². The molecule has 1 rings (SSSR count). The normalized spacial score (nSPS) is 11.2. The second-order valence-electron chi connectivity index (χ2n) is 5.77. The number of halogens is 5.